The van der Waals surface area contributed by atoms with Crippen LogP contribution in [0.2, 0.25) is 0 Å². The van der Waals surface area contributed by atoms with Crippen LogP contribution in [-0.4, -0.2) is 34.7 Å². The largest absolute Gasteiger partial charge is 0.495 e. The quantitative estimate of drug-likeness (QED) is 0.837. The van der Waals surface area contributed by atoms with Gasteiger partial charge in [-0.2, -0.15) is 0 Å². The summed E-state index contributed by atoms with van der Waals surface area (Å²) in [6.07, 6.45) is 2.09. The number of nitrogens with one attached hydrogen (secondary N) is 2. The Bertz CT molecular complexity index is 584. The lowest BCUT2D eigenvalue weighted by atomic mass is 10.2. The summed E-state index contributed by atoms with van der Waals surface area (Å²) in [5.41, 5.74) is 0.929. The van der Waals surface area contributed by atoms with E-state index in [4.69, 9.17) is 4.74 Å². The van der Waals surface area contributed by atoms with E-state index in [-0.39, 0.29) is 10.9 Å². The van der Waals surface area contributed by atoms with Crippen molar-refractivity contribution in [1.29, 1.82) is 0 Å². The Morgan fingerprint density at radius 3 is 2.85 bits per heavy atom. The van der Waals surface area contributed by atoms with Crippen LogP contribution in [0.4, 0.5) is 0 Å². The summed E-state index contributed by atoms with van der Waals surface area (Å²) in [5, 5.41) is 3.26. The van der Waals surface area contributed by atoms with Crippen LogP contribution >= 0.6 is 15.9 Å². The van der Waals surface area contributed by atoms with Gasteiger partial charge in [0, 0.05) is 17.1 Å². The van der Waals surface area contributed by atoms with Crippen molar-refractivity contribution in [2.75, 3.05) is 20.2 Å². The van der Waals surface area contributed by atoms with Crippen molar-refractivity contribution >= 4 is 26.0 Å². The molecular weight excluding hydrogens is 344 g/mol. The topological polar surface area (TPSA) is 67.4 Å². The van der Waals surface area contributed by atoms with Crippen LogP contribution in [0.5, 0.6) is 5.75 Å². The summed E-state index contributed by atoms with van der Waals surface area (Å²) in [6, 6.07) is 3.51. The Balaban J connectivity index is 2.21. The standard InChI is InChI=1S/C13H19BrN2O3S/c1-9-6-12(19-2)13(7-11(9)14)20(17,18)16-8-10-4-3-5-15-10/h6-7,10,15-16H,3-5,8H2,1-2H3. The molecule has 0 aromatic heterocycles. The van der Waals surface area contributed by atoms with Crippen LogP contribution in [0.1, 0.15) is 18.4 Å². The van der Waals surface area contributed by atoms with Gasteiger partial charge in [-0.05, 0) is 44.0 Å². The predicted molar refractivity (Wildman–Crippen MR) is 81.6 cm³/mol. The molecule has 1 fully saturated rings. The summed E-state index contributed by atoms with van der Waals surface area (Å²) in [7, 11) is -2.10. The molecule has 1 atom stereocenters. The second kappa shape index (κ2) is 6.43. The van der Waals surface area contributed by atoms with Crippen LogP contribution in [0.15, 0.2) is 21.5 Å². The number of hydrogen-bond donors (Lipinski definition) is 2. The molecule has 0 saturated carbocycles. The molecule has 0 spiro atoms. The smallest absolute Gasteiger partial charge is 0.244 e. The molecule has 1 aromatic rings. The number of rotatable bonds is 5. The Hall–Kier alpha value is -0.630. The maximum absolute atomic E-state index is 12.4. The second-order valence-corrected chi connectivity index (χ2v) is 7.49. The third kappa shape index (κ3) is 3.52. The van der Waals surface area contributed by atoms with Gasteiger partial charge in [0.25, 0.3) is 0 Å². The lowest BCUT2D eigenvalue weighted by Crippen LogP contribution is -2.37. The fourth-order valence-electron chi connectivity index (χ4n) is 2.23. The van der Waals surface area contributed by atoms with Crippen LogP contribution in [0.3, 0.4) is 0 Å². The molecule has 2 rings (SSSR count). The van der Waals surface area contributed by atoms with Crippen molar-refractivity contribution in [2.45, 2.75) is 30.7 Å². The first-order chi connectivity index (χ1) is 9.44. The van der Waals surface area contributed by atoms with E-state index >= 15 is 0 Å². The minimum absolute atomic E-state index is 0.162. The first-order valence-corrected chi connectivity index (χ1v) is 8.79. The van der Waals surface area contributed by atoms with E-state index in [2.05, 4.69) is 26.0 Å². The summed E-state index contributed by atoms with van der Waals surface area (Å²) < 4.78 is 33.4. The maximum Gasteiger partial charge on any atom is 0.244 e. The molecule has 0 aliphatic carbocycles. The fraction of sp³-hybridized carbons (Fsp3) is 0.538. The van der Waals surface area contributed by atoms with Gasteiger partial charge in [0.15, 0.2) is 0 Å². The van der Waals surface area contributed by atoms with Gasteiger partial charge in [0.05, 0.1) is 7.11 Å². The van der Waals surface area contributed by atoms with E-state index in [1.165, 1.54) is 7.11 Å². The van der Waals surface area contributed by atoms with Gasteiger partial charge in [-0.1, -0.05) is 15.9 Å². The molecule has 1 aliphatic rings. The zero-order valence-electron chi connectivity index (χ0n) is 11.6. The zero-order valence-corrected chi connectivity index (χ0v) is 14.0. The normalized spacial score (nSPS) is 19.2. The highest BCUT2D eigenvalue weighted by molar-refractivity contribution is 9.10. The monoisotopic (exact) mass is 362 g/mol. The van der Waals surface area contributed by atoms with Gasteiger partial charge in [0.2, 0.25) is 10.0 Å². The molecule has 0 amide bonds. The SMILES string of the molecule is COc1cc(C)c(Br)cc1S(=O)(=O)NCC1CCCN1. The van der Waals surface area contributed by atoms with Crippen LogP contribution < -0.4 is 14.8 Å². The maximum atomic E-state index is 12.4. The third-order valence-corrected chi connectivity index (χ3v) is 5.72. The lowest BCUT2D eigenvalue weighted by molar-refractivity contribution is 0.401. The predicted octanol–water partition coefficient (Wildman–Crippen LogP) is 1.80. The highest BCUT2D eigenvalue weighted by atomic mass is 79.9. The van der Waals surface area contributed by atoms with E-state index in [0.29, 0.717) is 12.3 Å². The number of benzene rings is 1. The Morgan fingerprint density at radius 2 is 2.25 bits per heavy atom. The molecule has 1 heterocycles. The average Bonchev–Trinajstić information content (AvgIpc) is 2.92. The molecule has 1 saturated heterocycles. The molecule has 2 N–H and O–H groups in total. The number of sulfonamides is 1. The molecule has 112 valence electrons. The van der Waals surface area contributed by atoms with Crippen molar-refractivity contribution in [3.8, 4) is 5.75 Å². The van der Waals surface area contributed by atoms with Gasteiger partial charge in [0.1, 0.15) is 10.6 Å². The number of ether oxygens (including phenoxy) is 1. The summed E-state index contributed by atoms with van der Waals surface area (Å²) in [4.78, 5) is 0.162. The minimum Gasteiger partial charge on any atom is -0.495 e. The molecule has 0 bridgehead atoms. The van der Waals surface area contributed by atoms with E-state index in [9.17, 15) is 8.42 Å². The Labute approximate surface area is 128 Å². The molecule has 1 aromatic carbocycles. The molecule has 1 unspecified atom stereocenters. The number of halogens is 1. The number of methoxy groups -OCH3 is 1. The molecule has 5 nitrogen and oxygen atoms in total. The molecule has 0 radical (unpaired) electrons. The lowest BCUT2D eigenvalue weighted by Gasteiger charge is -2.15. The zero-order chi connectivity index (χ0) is 14.8. The Morgan fingerprint density at radius 1 is 1.50 bits per heavy atom. The van der Waals surface area contributed by atoms with Crippen molar-refractivity contribution < 1.29 is 13.2 Å². The van der Waals surface area contributed by atoms with Crippen molar-refractivity contribution in [3.05, 3.63) is 22.2 Å². The Kier molecular flexibility index (Phi) is 5.06. The van der Waals surface area contributed by atoms with Crippen LogP contribution in [0, 0.1) is 6.92 Å². The third-order valence-electron chi connectivity index (χ3n) is 3.42. The van der Waals surface area contributed by atoms with Gasteiger partial charge in [-0.15, -0.1) is 0 Å². The van der Waals surface area contributed by atoms with E-state index in [1.54, 1.807) is 12.1 Å². The summed E-state index contributed by atoms with van der Waals surface area (Å²) in [6.45, 7) is 3.24. The first-order valence-electron chi connectivity index (χ1n) is 6.51. The second-order valence-electron chi connectivity index (χ2n) is 4.90. The number of aryl methyl sites for hydroxylation is 1. The number of hydrogen-bond acceptors (Lipinski definition) is 4. The van der Waals surface area contributed by atoms with Gasteiger partial charge >= 0.3 is 0 Å². The first kappa shape index (κ1) is 15.8. The van der Waals surface area contributed by atoms with Crippen molar-refractivity contribution in [2.24, 2.45) is 0 Å². The van der Waals surface area contributed by atoms with E-state index in [1.807, 2.05) is 6.92 Å². The van der Waals surface area contributed by atoms with Gasteiger partial charge < -0.3 is 10.1 Å². The minimum atomic E-state index is -3.57. The molecule has 20 heavy (non-hydrogen) atoms. The van der Waals surface area contributed by atoms with Crippen molar-refractivity contribution in [1.82, 2.24) is 10.0 Å². The van der Waals surface area contributed by atoms with Gasteiger partial charge in [-0.3, -0.25) is 0 Å². The highest BCUT2D eigenvalue weighted by Crippen LogP contribution is 2.30. The molecule has 7 heteroatoms. The van der Waals surface area contributed by atoms with Gasteiger partial charge in [-0.25, -0.2) is 13.1 Å². The van der Waals surface area contributed by atoms with Crippen molar-refractivity contribution in [3.63, 3.8) is 0 Å². The van der Waals surface area contributed by atoms with E-state index < -0.39 is 10.0 Å². The van der Waals surface area contributed by atoms with Crippen LogP contribution in [0.25, 0.3) is 0 Å². The molecular formula is C13H19BrN2O3S. The van der Waals surface area contributed by atoms with E-state index in [0.717, 1.165) is 29.4 Å². The van der Waals surface area contributed by atoms with Crippen LogP contribution in [-0.2, 0) is 10.0 Å². The summed E-state index contributed by atoms with van der Waals surface area (Å²) in [5.74, 6) is 0.359. The summed E-state index contributed by atoms with van der Waals surface area (Å²) >= 11 is 3.36. The molecule has 1 aliphatic heterocycles. The highest BCUT2D eigenvalue weighted by Gasteiger charge is 2.23. The fourth-order valence-corrected chi connectivity index (χ4v) is 3.98. The average molecular weight is 363 g/mol.